The molecule has 2 amide bonds. The molecule has 3 heterocycles. The molecule has 0 unspecified atom stereocenters. The molecule has 2 aliphatic heterocycles. The number of ether oxygens (including phenoxy) is 1. The number of amides is 2. The number of hydrogen-bond donors (Lipinski definition) is 1. The third kappa shape index (κ3) is 4.10. The normalized spacial score (nSPS) is 22.6. The molecule has 1 aromatic rings. The van der Waals surface area contributed by atoms with Crippen molar-refractivity contribution in [3.63, 3.8) is 0 Å². The number of pyridine rings is 1. The molecule has 3 aliphatic rings. The molecule has 0 radical (unpaired) electrons. The Labute approximate surface area is 155 Å². The Kier molecular flexibility index (Phi) is 5.55. The fourth-order valence-corrected chi connectivity index (χ4v) is 4.22. The number of nitrogens with zero attached hydrogens (tertiary/aromatic N) is 4. The summed E-state index contributed by atoms with van der Waals surface area (Å²) in [5, 5.41) is 3.00. The lowest BCUT2D eigenvalue weighted by Crippen LogP contribution is -2.50. The highest BCUT2D eigenvalue weighted by atomic mass is 16.5. The zero-order valence-corrected chi connectivity index (χ0v) is 15.4. The van der Waals surface area contributed by atoms with Crippen LogP contribution in [0.25, 0.3) is 0 Å². The van der Waals surface area contributed by atoms with Gasteiger partial charge in [-0.1, -0.05) is 12.8 Å². The van der Waals surface area contributed by atoms with Crippen LogP contribution in [-0.4, -0.2) is 79.3 Å². The van der Waals surface area contributed by atoms with Crippen molar-refractivity contribution in [3.8, 4) is 0 Å². The number of rotatable bonds is 3. The van der Waals surface area contributed by atoms with E-state index in [1.807, 2.05) is 12.1 Å². The summed E-state index contributed by atoms with van der Waals surface area (Å²) in [7, 11) is 0. The SMILES string of the molecule is O=C(Nc1ccnc(N2CCN(C3CCCC3)CC2)c1)N1CCOCC1. The molecule has 1 aromatic heterocycles. The summed E-state index contributed by atoms with van der Waals surface area (Å²) in [6, 6.07) is 4.58. The van der Waals surface area contributed by atoms with Crippen molar-refractivity contribution in [3.05, 3.63) is 18.3 Å². The first-order chi connectivity index (χ1) is 12.8. The summed E-state index contributed by atoms with van der Waals surface area (Å²) in [6.45, 7) is 6.74. The summed E-state index contributed by atoms with van der Waals surface area (Å²) in [5.41, 5.74) is 0.810. The molecular formula is C19H29N5O2. The third-order valence-corrected chi connectivity index (χ3v) is 5.77. The summed E-state index contributed by atoms with van der Waals surface area (Å²) >= 11 is 0. The van der Waals surface area contributed by atoms with Gasteiger partial charge in [0.2, 0.25) is 0 Å². The standard InChI is InChI=1S/C19H29N5O2/c25-19(24-11-13-26-14-12-24)21-16-5-6-20-18(15-16)23-9-7-22(8-10-23)17-3-1-2-4-17/h5-6,15,17H,1-4,7-14H2,(H,20,21,25). The Morgan fingerprint density at radius 3 is 2.54 bits per heavy atom. The van der Waals surface area contributed by atoms with Crippen LogP contribution in [0.4, 0.5) is 16.3 Å². The van der Waals surface area contributed by atoms with Crippen molar-refractivity contribution < 1.29 is 9.53 Å². The molecule has 0 spiro atoms. The molecule has 1 N–H and O–H groups in total. The van der Waals surface area contributed by atoms with Crippen LogP contribution in [0.2, 0.25) is 0 Å². The minimum atomic E-state index is -0.0588. The molecule has 3 fully saturated rings. The summed E-state index contributed by atoms with van der Waals surface area (Å²) in [6.07, 6.45) is 7.28. The molecule has 1 saturated carbocycles. The van der Waals surface area contributed by atoms with E-state index in [1.165, 1.54) is 25.7 Å². The maximum absolute atomic E-state index is 12.4. The number of nitrogens with one attached hydrogen (secondary N) is 1. The van der Waals surface area contributed by atoms with Crippen LogP contribution < -0.4 is 10.2 Å². The number of morpholine rings is 1. The van der Waals surface area contributed by atoms with Gasteiger partial charge in [0, 0.05) is 63.3 Å². The van der Waals surface area contributed by atoms with Crippen LogP contribution in [0.5, 0.6) is 0 Å². The predicted molar refractivity (Wildman–Crippen MR) is 102 cm³/mol. The number of aromatic nitrogens is 1. The first-order valence-corrected chi connectivity index (χ1v) is 9.88. The van der Waals surface area contributed by atoms with Crippen molar-refractivity contribution in [1.29, 1.82) is 0 Å². The monoisotopic (exact) mass is 359 g/mol. The Hall–Kier alpha value is -1.86. The lowest BCUT2D eigenvalue weighted by atomic mass is 10.2. The maximum atomic E-state index is 12.4. The van der Waals surface area contributed by atoms with Gasteiger partial charge in [0.15, 0.2) is 0 Å². The zero-order valence-electron chi connectivity index (χ0n) is 15.4. The molecule has 142 valence electrons. The first kappa shape index (κ1) is 17.5. The van der Waals surface area contributed by atoms with Crippen molar-refractivity contribution in [1.82, 2.24) is 14.8 Å². The molecule has 1 aliphatic carbocycles. The van der Waals surface area contributed by atoms with E-state index < -0.39 is 0 Å². The third-order valence-electron chi connectivity index (χ3n) is 5.77. The van der Waals surface area contributed by atoms with Crippen molar-refractivity contribution in [2.24, 2.45) is 0 Å². The van der Waals surface area contributed by atoms with Crippen molar-refractivity contribution in [2.45, 2.75) is 31.7 Å². The molecule has 0 aromatic carbocycles. The van der Waals surface area contributed by atoms with Crippen molar-refractivity contribution >= 4 is 17.5 Å². The zero-order chi connectivity index (χ0) is 17.8. The van der Waals surface area contributed by atoms with Gasteiger partial charge in [0.1, 0.15) is 5.82 Å². The van der Waals surface area contributed by atoms with E-state index in [2.05, 4.69) is 20.1 Å². The minimum Gasteiger partial charge on any atom is -0.378 e. The van der Waals surface area contributed by atoms with Gasteiger partial charge in [-0.05, 0) is 18.9 Å². The highest BCUT2D eigenvalue weighted by Crippen LogP contribution is 2.25. The molecule has 4 rings (SSSR count). The predicted octanol–water partition coefficient (Wildman–Crippen LogP) is 2.01. The average molecular weight is 359 g/mol. The van der Waals surface area contributed by atoms with Gasteiger partial charge >= 0.3 is 6.03 Å². The number of anilines is 2. The lowest BCUT2D eigenvalue weighted by Gasteiger charge is -2.38. The maximum Gasteiger partial charge on any atom is 0.322 e. The minimum absolute atomic E-state index is 0.0588. The van der Waals surface area contributed by atoms with Crippen LogP contribution >= 0.6 is 0 Å². The highest BCUT2D eigenvalue weighted by Gasteiger charge is 2.26. The van der Waals surface area contributed by atoms with E-state index in [9.17, 15) is 4.79 Å². The van der Waals surface area contributed by atoms with Crippen LogP contribution in [-0.2, 0) is 4.74 Å². The number of piperazine rings is 1. The average Bonchev–Trinajstić information content (AvgIpc) is 3.24. The Balaban J connectivity index is 1.33. The summed E-state index contributed by atoms with van der Waals surface area (Å²) < 4.78 is 5.30. The number of urea groups is 1. The molecule has 7 nitrogen and oxygen atoms in total. The van der Waals surface area contributed by atoms with Crippen LogP contribution in [0.15, 0.2) is 18.3 Å². The Morgan fingerprint density at radius 2 is 1.81 bits per heavy atom. The Morgan fingerprint density at radius 1 is 1.08 bits per heavy atom. The van der Waals surface area contributed by atoms with Gasteiger partial charge in [-0.3, -0.25) is 4.90 Å². The lowest BCUT2D eigenvalue weighted by molar-refractivity contribution is 0.0564. The van der Waals surface area contributed by atoms with Gasteiger partial charge in [-0.2, -0.15) is 0 Å². The highest BCUT2D eigenvalue weighted by molar-refractivity contribution is 5.89. The number of carbonyl (C=O) groups excluding carboxylic acids is 1. The quantitative estimate of drug-likeness (QED) is 0.895. The topological polar surface area (TPSA) is 60.9 Å². The van der Waals surface area contributed by atoms with Crippen molar-refractivity contribution in [2.75, 3.05) is 62.7 Å². The largest absolute Gasteiger partial charge is 0.378 e. The van der Waals surface area contributed by atoms with E-state index in [4.69, 9.17) is 4.74 Å². The molecule has 0 atom stereocenters. The second-order valence-electron chi connectivity index (χ2n) is 7.39. The van der Waals surface area contributed by atoms with E-state index >= 15 is 0 Å². The molecule has 2 saturated heterocycles. The summed E-state index contributed by atoms with van der Waals surface area (Å²) in [4.78, 5) is 23.7. The van der Waals surface area contributed by atoms with Crippen LogP contribution in [0.3, 0.4) is 0 Å². The molecule has 0 bridgehead atoms. The Bertz CT molecular complexity index is 606. The van der Waals surface area contributed by atoms with Gasteiger partial charge in [-0.25, -0.2) is 9.78 Å². The van der Waals surface area contributed by atoms with Crippen LogP contribution in [0, 0.1) is 0 Å². The molecular weight excluding hydrogens is 330 g/mol. The number of carbonyl (C=O) groups is 1. The van der Waals surface area contributed by atoms with Gasteiger partial charge in [0.25, 0.3) is 0 Å². The summed E-state index contributed by atoms with van der Waals surface area (Å²) in [5.74, 6) is 0.954. The van der Waals surface area contributed by atoms with Gasteiger partial charge < -0.3 is 19.9 Å². The first-order valence-electron chi connectivity index (χ1n) is 9.88. The molecule has 26 heavy (non-hydrogen) atoms. The van der Waals surface area contributed by atoms with Gasteiger partial charge in [0.05, 0.1) is 13.2 Å². The van der Waals surface area contributed by atoms with E-state index in [1.54, 1.807) is 11.1 Å². The number of hydrogen-bond acceptors (Lipinski definition) is 5. The second-order valence-corrected chi connectivity index (χ2v) is 7.39. The van der Waals surface area contributed by atoms with Crippen LogP contribution in [0.1, 0.15) is 25.7 Å². The van der Waals surface area contributed by atoms with E-state index in [-0.39, 0.29) is 6.03 Å². The smallest absolute Gasteiger partial charge is 0.322 e. The van der Waals surface area contributed by atoms with E-state index in [0.29, 0.717) is 26.3 Å². The van der Waals surface area contributed by atoms with E-state index in [0.717, 1.165) is 43.7 Å². The van der Waals surface area contributed by atoms with Gasteiger partial charge in [-0.15, -0.1) is 0 Å². The second kappa shape index (κ2) is 8.22. The fourth-order valence-electron chi connectivity index (χ4n) is 4.22. The molecule has 7 heteroatoms. The fraction of sp³-hybridized carbons (Fsp3) is 0.684.